The molecule has 3 aromatic carbocycles. The Balaban J connectivity index is 1.29. The van der Waals surface area contributed by atoms with Gasteiger partial charge in [0.15, 0.2) is 11.6 Å². The van der Waals surface area contributed by atoms with Crippen LogP contribution in [0.3, 0.4) is 0 Å². The van der Waals surface area contributed by atoms with E-state index in [1.807, 2.05) is 0 Å². The van der Waals surface area contributed by atoms with Crippen molar-refractivity contribution in [2.75, 3.05) is 12.4 Å². The SMILES string of the molecule is CCCC(C)C1=CCc2cc(C(=O)Nc3ccc(Oc4ccnc5cc(OC)ccc45)c(F)c3)c(=O)n(-c3ccc(F)cc3)c2S1. The molecule has 1 aliphatic heterocycles. The predicted octanol–water partition coefficient (Wildman–Crippen LogP) is 8.69. The van der Waals surface area contributed by atoms with Crippen LogP contribution in [0.25, 0.3) is 16.6 Å². The number of pyridine rings is 2. The standard InChI is InChI=1S/C36H31F2N3O4S/c1-4-5-21(2)33-15-6-22-18-28(35(43)41(36(22)46-33)25-10-7-23(37)8-11-25)34(42)40-24-9-14-32(29(38)19-24)45-31-16-17-39-30-20-26(44-3)12-13-27(30)31/h7-21H,4-6H2,1-3H3,(H,40,42). The Morgan fingerprint density at radius 3 is 2.59 bits per heavy atom. The van der Waals surface area contributed by atoms with E-state index in [1.165, 1.54) is 52.7 Å². The van der Waals surface area contributed by atoms with Gasteiger partial charge in [0.2, 0.25) is 0 Å². The largest absolute Gasteiger partial charge is 0.497 e. The van der Waals surface area contributed by atoms with Crippen molar-refractivity contribution in [1.29, 1.82) is 0 Å². The fourth-order valence-electron chi connectivity index (χ4n) is 5.44. The van der Waals surface area contributed by atoms with Crippen molar-refractivity contribution in [2.45, 2.75) is 38.1 Å². The van der Waals surface area contributed by atoms with Gasteiger partial charge in [-0.1, -0.05) is 38.1 Å². The quantitative estimate of drug-likeness (QED) is 0.174. The summed E-state index contributed by atoms with van der Waals surface area (Å²) >= 11 is 1.50. The van der Waals surface area contributed by atoms with Crippen molar-refractivity contribution in [3.63, 3.8) is 0 Å². The van der Waals surface area contributed by atoms with E-state index in [1.54, 1.807) is 43.6 Å². The molecule has 1 amide bonds. The number of benzene rings is 3. The Morgan fingerprint density at radius 2 is 1.85 bits per heavy atom. The number of halogens is 2. The summed E-state index contributed by atoms with van der Waals surface area (Å²) in [7, 11) is 1.56. The number of nitrogens with one attached hydrogen (secondary N) is 1. The minimum absolute atomic E-state index is 0.0503. The van der Waals surface area contributed by atoms with Gasteiger partial charge in [-0.15, -0.1) is 0 Å². The first-order valence-electron chi connectivity index (χ1n) is 14.9. The van der Waals surface area contributed by atoms with Gasteiger partial charge in [-0.3, -0.25) is 19.1 Å². The summed E-state index contributed by atoms with van der Waals surface area (Å²) in [5, 5.41) is 4.03. The van der Waals surface area contributed by atoms with Crippen molar-refractivity contribution in [3.8, 4) is 22.9 Å². The molecule has 0 fully saturated rings. The Kier molecular flexibility index (Phi) is 8.90. The van der Waals surface area contributed by atoms with E-state index in [0.29, 0.717) is 45.5 Å². The van der Waals surface area contributed by atoms with Gasteiger partial charge in [-0.2, -0.15) is 0 Å². The van der Waals surface area contributed by atoms with E-state index >= 15 is 4.39 Å². The number of ether oxygens (including phenoxy) is 2. The second kappa shape index (κ2) is 13.2. The number of amides is 1. The molecule has 3 heterocycles. The molecule has 1 aliphatic rings. The molecule has 1 N–H and O–H groups in total. The van der Waals surface area contributed by atoms with Gasteiger partial charge >= 0.3 is 0 Å². The van der Waals surface area contributed by atoms with Crippen molar-refractivity contribution in [3.05, 3.63) is 123 Å². The van der Waals surface area contributed by atoms with Crippen molar-refractivity contribution >= 4 is 34.3 Å². The molecule has 0 saturated carbocycles. The number of carbonyl (C=O) groups is 1. The lowest BCUT2D eigenvalue weighted by atomic mass is 10.0. The molecule has 0 spiro atoms. The van der Waals surface area contributed by atoms with Crippen molar-refractivity contribution in [1.82, 2.24) is 9.55 Å². The van der Waals surface area contributed by atoms with Crippen LogP contribution in [0.5, 0.6) is 17.2 Å². The van der Waals surface area contributed by atoms with Gasteiger partial charge in [-0.25, -0.2) is 8.78 Å². The molecule has 1 unspecified atom stereocenters. The Labute approximate surface area is 268 Å². The number of thioether (sulfide) groups is 1. The number of aromatic nitrogens is 2. The highest BCUT2D eigenvalue weighted by molar-refractivity contribution is 8.03. The van der Waals surface area contributed by atoms with Crippen LogP contribution in [0, 0.1) is 17.6 Å². The molecule has 0 saturated heterocycles. The third-order valence-electron chi connectivity index (χ3n) is 7.82. The number of methoxy groups -OCH3 is 1. The van der Waals surface area contributed by atoms with E-state index in [2.05, 4.69) is 30.2 Å². The molecule has 5 aromatic rings. The number of carbonyl (C=O) groups excluding carboxylic acids is 1. The average molecular weight is 640 g/mol. The van der Waals surface area contributed by atoms with Gasteiger partial charge < -0.3 is 14.8 Å². The first-order valence-corrected chi connectivity index (χ1v) is 15.7. The van der Waals surface area contributed by atoms with Crippen LogP contribution in [0.15, 0.2) is 99.8 Å². The normalized spacial score (nSPS) is 13.1. The maximum absolute atomic E-state index is 15.3. The van der Waals surface area contributed by atoms with Crippen molar-refractivity contribution in [2.24, 2.45) is 5.92 Å². The highest BCUT2D eigenvalue weighted by atomic mass is 32.2. The van der Waals surface area contributed by atoms with E-state index in [-0.39, 0.29) is 17.0 Å². The maximum atomic E-state index is 15.3. The van der Waals surface area contributed by atoms with E-state index in [4.69, 9.17) is 9.47 Å². The van der Waals surface area contributed by atoms with E-state index in [0.717, 1.165) is 29.4 Å². The van der Waals surface area contributed by atoms with E-state index < -0.39 is 23.1 Å². The molecule has 0 bridgehead atoms. The lowest BCUT2D eigenvalue weighted by Crippen LogP contribution is -2.31. The predicted molar refractivity (Wildman–Crippen MR) is 176 cm³/mol. The number of nitrogens with zero attached hydrogens (tertiary/aromatic N) is 2. The summed E-state index contributed by atoms with van der Waals surface area (Å²) in [6, 6.07) is 18.2. The first kappa shape index (κ1) is 31.0. The molecule has 1 atom stereocenters. The molecule has 0 aliphatic carbocycles. The third-order valence-corrected chi connectivity index (χ3v) is 9.27. The number of hydrogen-bond donors (Lipinski definition) is 1. The van der Waals surface area contributed by atoms with Crippen LogP contribution in [0.1, 0.15) is 42.6 Å². The number of rotatable bonds is 9. The Morgan fingerprint density at radius 1 is 1.04 bits per heavy atom. The zero-order chi connectivity index (χ0) is 32.4. The second-order valence-corrected chi connectivity index (χ2v) is 12.1. The van der Waals surface area contributed by atoms with Gasteiger partial charge in [0.05, 0.1) is 17.7 Å². The Bertz CT molecular complexity index is 2040. The van der Waals surface area contributed by atoms with Crippen LogP contribution < -0.4 is 20.3 Å². The number of anilines is 1. The number of hydrogen-bond acceptors (Lipinski definition) is 6. The monoisotopic (exact) mass is 639 g/mol. The average Bonchev–Trinajstić information content (AvgIpc) is 3.06. The molecule has 2 aromatic heterocycles. The molecule has 234 valence electrons. The fraction of sp³-hybridized carbons (Fsp3) is 0.194. The maximum Gasteiger partial charge on any atom is 0.268 e. The summed E-state index contributed by atoms with van der Waals surface area (Å²) in [6.07, 6.45) is 6.25. The number of fused-ring (bicyclic) bond motifs is 2. The topological polar surface area (TPSA) is 82.5 Å². The molecule has 0 radical (unpaired) electrons. The summed E-state index contributed by atoms with van der Waals surface area (Å²) in [4.78, 5) is 32.9. The summed E-state index contributed by atoms with van der Waals surface area (Å²) in [5.74, 6) is -0.538. The molecule has 10 heteroatoms. The fourth-order valence-corrected chi connectivity index (χ4v) is 6.70. The zero-order valence-electron chi connectivity index (χ0n) is 25.5. The number of allylic oxidation sites excluding steroid dienone is 2. The van der Waals surface area contributed by atoms with Crippen LogP contribution in [0.4, 0.5) is 14.5 Å². The minimum Gasteiger partial charge on any atom is -0.497 e. The van der Waals surface area contributed by atoms with Gasteiger partial charge in [0, 0.05) is 35.1 Å². The smallest absolute Gasteiger partial charge is 0.268 e. The zero-order valence-corrected chi connectivity index (χ0v) is 26.3. The second-order valence-electron chi connectivity index (χ2n) is 11.0. The van der Waals surface area contributed by atoms with Crippen LogP contribution in [-0.4, -0.2) is 22.6 Å². The van der Waals surface area contributed by atoms with Crippen molar-refractivity contribution < 1.29 is 23.0 Å². The molecular weight excluding hydrogens is 608 g/mol. The minimum atomic E-state index is -0.708. The lowest BCUT2D eigenvalue weighted by Gasteiger charge is -2.25. The summed E-state index contributed by atoms with van der Waals surface area (Å²) in [6.45, 7) is 4.28. The molecule has 46 heavy (non-hydrogen) atoms. The molecule has 7 nitrogen and oxygen atoms in total. The van der Waals surface area contributed by atoms with Crippen LogP contribution >= 0.6 is 11.8 Å². The van der Waals surface area contributed by atoms with Gasteiger partial charge in [0.1, 0.15) is 22.9 Å². The van der Waals surface area contributed by atoms with Crippen LogP contribution in [-0.2, 0) is 6.42 Å². The summed E-state index contributed by atoms with van der Waals surface area (Å²) in [5.41, 5.74) is 1.35. The lowest BCUT2D eigenvalue weighted by molar-refractivity contribution is 0.102. The summed E-state index contributed by atoms with van der Waals surface area (Å²) < 4.78 is 41.7. The van der Waals surface area contributed by atoms with Gasteiger partial charge in [0.25, 0.3) is 11.5 Å². The Hall–Kier alpha value is -4.96. The van der Waals surface area contributed by atoms with Gasteiger partial charge in [-0.05, 0) is 89.9 Å². The highest BCUT2D eigenvalue weighted by Crippen LogP contribution is 2.40. The van der Waals surface area contributed by atoms with E-state index in [9.17, 15) is 14.0 Å². The van der Waals surface area contributed by atoms with Crippen LogP contribution in [0.2, 0.25) is 0 Å². The highest BCUT2D eigenvalue weighted by Gasteiger charge is 2.25. The molecule has 6 rings (SSSR count). The third kappa shape index (κ3) is 6.25. The first-order chi connectivity index (χ1) is 22.2. The molecular formula is C36H31F2N3O4S.